The van der Waals surface area contributed by atoms with Gasteiger partial charge in [0.1, 0.15) is 0 Å². The molecule has 0 aliphatic carbocycles. The zero-order valence-electron chi connectivity index (χ0n) is 9.90. The third kappa shape index (κ3) is 2.42. The molecule has 1 heterocycles. The SMILES string of the molecule is CC(C)c1cc(=O)[nH]c2ccc(S(=O)(=O)Cl)cc12. The Kier molecular flexibility index (Phi) is 3.21. The van der Waals surface area contributed by atoms with Crippen LogP contribution in [0, 0.1) is 0 Å². The number of hydrogen-bond donors (Lipinski definition) is 1. The fraction of sp³-hybridized carbons (Fsp3) is 0.250. The summed E-state index contributed by atoms with van der Waals surface area (Å²) in [7, 11) is 1.56. The molecule has 0 unspecified atom stereocenters. The van der Waals surface area contributed by atoms with Crippen molar-refractivity contribution in [3.8, 4) is 0 Å². The fourth-order valence-electron chi connectivity index (χ4n) is 1.89. The smallest absolute Gasteiger partial charge is 0.261 e. The van der Waals surface area contributed by atoms with Crippen molar-refractivity contribution in [1.29, 1.82) is 0 Å². The second-order valence-electron chi connectivity index (χ2n) is 4.39. The average molecular weight is 286 g/mol. The molecule has 2 rings (SSSR count). The number of benzene rings is 1. The Labute approximate surface area is 109 Å². The fourth-order valence-corrected chi connectivity index (χ4v) is 2.67. The lowest BCUT2D eigenvalue weighted by Crippen LogP contribution is -2.08. The van der Waals surface area contributed by atoms with Crippen molar-refractivity contribution in [2.45, 2.75) is 24.7 Å². The highest BCUT2D eigenvalue weighted by atomic mass is 35.7. The van der Waals surface area contributed by atoms with E-state index in [-0.39, 0.29) is 16.4 Å². The van der Waals surface area contributed by atoms with Crippen LogP contribution in [0.3, 0.4) is 0 Å². The molecule has 0 atom stereocenters. The van der Waals surface area contributed by atoms with Gasteiger partial charge >= 0.3 is 0 Å². The second kappa shape index (κ2) is 4.40. The van der Waals surface area contributed by atoms with E-state index in [1.165, 1.54) is 18.2 Å². The minimum absolute atomic E-state index is 0.0330. The van der Waals surface area contributed by atoms with Crippen LogP contribution in [-0.4, -0.2) is 13.4 Å². The van der Waals surface area contributed by atoms with E-state index in [4.69, 9.17) is 10.7 Å². The monoisotopic (exact) mass is 285 g/mol. The maximum atomic E-state index is 11.5. The lowest BCUT2D eigenvalue weighted by atomic mass is 9.99. The first-order chi connectivity index (χ1) is 8.29. The van der Waals surface area contributed by atoms with E-state index in [0.29, 0.717) is 10.9 Å². The zero-order chi connectivity index (χ0) is 13.5. The summed E-state index contributed by atoms with van der Waals surface area (Å²) in [6, 6.07) is 5.91. The number of pyridine rings is 1. The van der Waals surface area contributed by atoms with E-state index in [0.717, 1.165) is 5.56 Å². The van der Waals surface area contributed by atoms with Crippen LogP contribution < -0.4 is 5.56 Å². The summed E-state index contributed by atoms with van der Waals surface area (Å²) in [5.74, 6) is 0.114. The molecule has 0 saturated carbocycles. The Bertz CT molecular complexity index is 762. The van der Waals surface area contributed by atoms with Crippen LogP contribution in [0.25, 0.3) is 10.9 Å². The average Bonchev–Trinajstić information content (AvgIpc) is 2.25. The van der Waals surface area contributed by atoms with Crippen molar-refractivity contribution in [2.75, 3.05) is 0 Å². The van der Waals surface area contributed by atoms with Crippen LogP contribution in [0.15, 0.2) is 34.0 Å². The lowest BCUT2D eigenvalue weighted by Gasteiger charge is -2.10. The molecule has 18 heavy (non-hydrogen) atoms. The van der Waals surface area contributed by atoms with Crippen molar-refractivity contribution in [1.82, 2.24) is 4.98 Å². The van der Waals surface area contributed by atoms with Crippen molar-refractivity contribution < 1.29 is 8.42 Å². The molecule has 1 N–H and O–H groups in total. The van der Waals surface area contributed by atoms with Crippen LogP contribution in [0.4, 0.5) is 0 Å². The topological polar surface area (TPSA) is 67.0 Å². The van der Waals surface area contributed by atoms with Crippen molar-refractivity contribution >= 4 is 30.6 Å². The summed E-state index contributed by atoms with van der Waals surface area (Å²) in [6.07, 6.45) is 0. The summed E-state index contributed by atoms with van der Waals surface area (Å²) < 4.78 is 22.6. The van der Waals surface area contributed by atoms with Crippen LogP contribution in [0.2, 0.25) is 0 Å². The molecule has 1 aromatic carbocycles. The van der Waals surface area contributed by atoms with Crippen LogP contribution in [0.5, 0.6) is 0 Å². The van der Waals surface area contributed by atoms with Crippen LogP contribution >= 0.6 is 10.7 Å². The molecule has 0 bridgehead atoms. The maximum Gasteiger partial charge on any atom is 0.261 e. The molecule has 2 aromatic rings. The molecule has 0 radical (unpaired) electrons. The highest BCUT2D eigenvalue weighted by Crippen LogP contribution is 2.26. The molecule has 6 heteroatoms. The Morgan fingerprint density at radius 1 is 1.22 bits per heavy atom. The van der Waals surface area contributed by atoms with Gasteiger partial charge < -0.3 is 4.98 Å². The van der Waals surface area contributed by atoms with Gasteiger partial charge in [0, 0.05) is 27.7 Å². The van der Waals surface area contributed by atoms with E-state index in [1.54, 1.807) is 6.07 Å². The van der Waals surface area contributed by atoms with Gasteiger partial charge in [0.05, 0.1) is 4.90 Å². The maximum absolute atomic E-state index is 11.5. The standard InChI is InChI=1S/C12H12ClNO3S/c1-7(2)9-6-12(15)14-11-4-3-8(5-10(9)11)18(13,16)17/h3-7H,1-2H3,(H,14,15). The van der Waals surface area contributed by atoms with Crippen LogP contribution in [0.1, 0.15) is 25.3 Å². The van der Waals surface area contributed by atoms with Gasteiger partial charge in [-0.25, -0.2) is 8.42 Å². The largest absolute Gasteiger partial charge is 0.322 e. The van der Waals surface area contributed by atoms with Gasteiger partial charge in [-0.1, -0.05) is 13.8 Å². The van der Waals surface area contributed by atoms with Crippen LogP contribution in [-0.2, 0) is 9.05 Å². The second-order valence-corrected chi connectivity index (χ2v) is 6.95. The number of aromatic amines is 1. The number of fused-ring (bicyclic) bond motifs is 1. The molecule has 1 aromatic heterocycles. The van der Waals surface area contributed by atoms with Gasteiger partial charge in [-0.15, -0.1) is 0 Å². The predicted octanol–water partition coefficient (Wildman–Crippen LogP) is 2.58. The number of nitrogens with one attached hydrogen (secondary N) is 1. The summed E-state index contributed by atoms with van der Waals surface area (Å²) in [6.45, 7) is 3.88. The van der Waals surface area contributed by atoms with E-state index < -0.39 is 9.05 Å². The predicted molar refractivity (Wildman–Crippen MR) is 71.7 cm³/mol. The summed E-state index contributed by atoms with van der Waals surface area (Å²) >= 11 is 0. The Hall–Kier alpha value is -1.33. The summed E-state index contributed by atoms with van der Waals surface area (Å²) in [4.78, 5) is 14.2. The van der Waals surface area contributed by atoms with Crippen molar-refractivity contribution in [2.24, 2.45) is 0 Å². The summed E-state index contributed by atoms with van der Waals surface area (Å²) in [5.41, 5.74) is 1.21. The number of H-pyrrole nitrogens is 1. The molecule has 0 aliphatic rings. The van der Waals surface area contributed by atoms with Gasteiger partial charge in [-0.2, -0.15) is 0 Å². The minimum atomic E-state index is -3.77. The first-order valence-electron chi connectivity index (χ1n) is 5.40. The van der Waals surface area contributed by atoms with Crippen molar-refractivity contribution in [3.63, 3.8) is 0 Å². The normalized spacial score (nSPS) is 12.2. The highest BCUT2D eigenvalue weighted by molar-refractivity contribution is 8.13. The zero-order valence-corrected chi connectivity index (χ0v) is 11.5. The molecule has 96 valence electrons. The highest BCUT2D eigenvalue weighted by Gasteiger charge is 2.13. The first kappa shape index (κ1) is 13.1. The third-order valence-corrected chi connectivity index (χ3v) is 4.10. The summed E-state index contributed by atoms with van der Waals surface area (Å²) in [5, 5.41) is 0.700. The van der Waals surface area contributed by atoms with E-state index in [2.05, 4.69) is 4.98 Å². The molecule has 4 nitrogen and oxygen atoms in total. The first-order valence-corrected chi connectivity index (χ1v) is 7.71. The Balaban J connectivity index is 2.87. The van der Waals surface area contributed by atoms with Crippen molar-refractivity contribution in [3.05, 3.63) is 40.2 Å². The lowest BCUT2D eigenvalue weighted by molar-refractivity contribution is 0.609. The number of rotatable bonds is 2. The van der Waals surface area contributed by atoms with Gasteiger partial charge in [-0.05, 0) is 29.7 Å². The molecular formula is C12H12ClNO3S. The molecule has 0 spiro atoms. The van der Waals surface area contributed by atoms with E-state index in [9.17, 15) is 13.2 Å². The third-order valence-electron chi connectivity index (χ3n) is 2.75. The number of halogens is 1. The molecular weight excluding hydrogens is 274 g/mol. The van der Waals surface area contributed by atoms with Gasteiger partial charge in [-0.3, -0.25) is 4.79 Å². The molecule has 0 amide bonds. The Morgan fingerprint density at radius 3 is 2.44 bits per heavy atom. The van der Waals surface area contributed by atoms with Gasteiger partial charge in [0.25, 0.3) is 9.05 Å². The quantitative estimate of drug-likeness (QED) is 0.863. The van der Waals surface area contributed by atoms with E-state index in [1.807, 2.05) is 13.8 Å². The minimum Gasteiger partial charge on any atom is -0.322 e. The number of aromatic nitrogens is 1. The van der Waals surface area contributed by atoms with Gasteiger partial charge in [0.2, 0.25) is 5.56 Å². The molecule has 0 saturated heterocycles. The van der Waals surface area contributed by atoms with E-state index >= 15 is 0 Å². The Morgan fingerprint density at radius 2 is 1.89 bits per heavy atom. The molecule has 0 aliphatic heterocycles. The number of hydrogen-bond acceptors (Lipinski definition) is 3. The molecule has 0 fully saturated rings. The van der Waals surface area contributed by atoms with Gasteiger partial charge in [0.15, 0.2) is 0 Å².